The number of benzene rings is 2. The van der Waals surface area contributed by atoms with Crippen molar-refractivity contribution in [2.24, 2.45) is 0 Å². The van der Waals surface area contributed by atoms with Crippen molar-refractivity contribution in [1.82, 2.24) is 0 Å². The predicted molar refractivity (Wildman–Crippen MR) is 91.5 cm³/mol. The molecule has 0 saturated carbocycles. The summed E-state index contributed by atoms with van der Waals surface area (Å²) in [6.07, 6.45) is 0.423. The zero-order valence-electron chi connectivity index (χ0n) is 13.7. The minimum absolute atomic E-state index is 0.0222. The second-order valence-corrected chi connectivity index (χ2v) is 5.63. The van der Waals surface area contributed by atoms with Crippen molar-refractivity contribution >= 4 is 17.3 Å². The number of non-ortho nitro benzene ring substituents is 1. The van der Waals surface area contributed by atoms with E-state index in [0.29, 0.717) is 30.8 Å². The highest BCUT2D eigenvalue weighted by molar-refractivity contribution is 5.70. The van der Waals surface area contributed by atoms with Crippen LogP contribution in [0.25, 0.3) is 0 Å². The van der Waals surface area contributed by atoms with Crippen molar-refractivity contribution in [3.8, 4) is 5.75 Å². The molecule has 0 unspecified atom stereocenters. The number of ether oxygens (including phenoxy) is 2. The molecule has 0 fully saturated rings. The van der Waals surface area contributed by atoms with Gasteiger partial charge in [0.1, 0.15) is 5.75 Å². The van der Waals surface area contributed by atoms with E-state index in [1.807, 2.05) is 18.2 Å². The van der Waals surface area contributed by atoms with Gasteiger partial charge in [0.2, 0.25) is 0 Å². The average molecular weight is 342 g/mol. The van der Waals surface area contributed by atoms with E-state index in [4.69, 9.17) is 9.47 Å². The van der Waals surface area contributed by atoms with Gasteiger partial charge in [0, 0.05) is 24.1 Å². The fraction of sp³-hybridized carbons (Fsp3) is 0.278. The molecule has 7 heteroatoms. The van der Waals surface area contributed by atoms with E-state index >= 15 is 0 Å². The molecule has 1 aliphatic heterocycles. The van der Waals surface area contributed by atoms with Gasteiger partial charge in [-0.15, -0.1) is 0 Å². The first kappa shape index (κ1) is 16.8. The molecule has 0 saturated heterocycles. The molecule has 0 amide bonds. The Morgan fingerprint density at radius 2 is 2.16 bits per heavy atom. The maximum Gasteiger partial charge on any atom is 0.306 e. The Hall–Kier alpha value is -3.09. The van der Waals surface area contributed by atoms with Gasteiger partial charge >= 0.3 is 5.97 Å². The SMILES string of the molecule is CCOC(=O)CCc1ccc2c(c1)N[C@H](c1cccc([N+](=O)[O-])c1)O2. The monoisotopic (exact) mass is 342 g/mol. The summed E-state index contributed by atoms with van der Waals surface area (Å²) < 4.78 is 10.7. The normalized spacial score (nSPS) is 15.0. The molecule has 0 aliphatic carbocycles. The van der Waals surface area contributed by atoms with E-state index in [1.54, 1.807) is 19.1 Å². The van der Waals surface area contributed by atoms with Gasteiger partial charge < -0.3 is 14.8 Å². The summed E-state index contributed by atoms with van der Waals surface area (Å²) in [5.41, 5.74) is 2.49. The fourth-order valence-electron chi connectivity index (χ4n) is 2.68. The van der Waals surface area contributed by atoms with Crippen LogP contribution in [0.4, 0.5) is 11.4 Å². The number of hydrogen-bond acceptors (Lipinski definition) is 6. The number of rotatable bonds is 6. The van der Waals surface area contributed by atoms with Crippen LogP contribution >= 0.6 is 0 Å². The first-order valence-electron chi connectivity index (χ1n) is 8.03. The third-order valence-corrected chi connectivity index (χ3v) is 3.88. The topological polar surface area (TPSA) is 90.7 Å². The van der Waals surface area contributed by atoms with E-state index in [-0.39, 0.29) is 11.7 Å². The molecule has 0 aromatic heterocycles. The molecule has 0 bridgehead atoms. The quantitative estimate of drug-likeness (QED) is 0.490. The van der Waals surface area contributed by atoms with Crippen LogP contribution < -0.4 is 10.1 Å². The van der Waals surface area contributed by atoms with E-state index in [1.165, 1.54) is 12.1 Å². The third kappa shape index (κ3) is 3.88. The zero-order chi connectivity index (χ0) is 17.8. The largest absolute Gasteiger partial charge is 0.466 e. The summed E-state index contributed by atoms with van der Waals surface area (Å²) in [6.45, 7) is 2.16. The Labute approximate surface area is 144 Å². The van der Waals surface area contributed by atoms with Gasteiger partial charge in [0.15, 0.2) is 6.23 Å². The number of nitro benzene ring substituents is 1. The Kier molecular flexibility index (Phi) is 4.83. The van der Waals surface area contributed by atoms with Gasteiger partial charge in [0.05, 0.1) is 17.2 Å². The summed E-state index contributed by atoms with van der Waals surface area (Å²) in [4.78, 5) is 21.9. The maximum absolute atomic E-state index is 11.5. The van der Waals surface area contributed by atoms with Gasteiger partial charge in [-0.3, -0.25) is 14.9 Å². The lowest BCUT2D eigenvalue weighted by Gasteiger charge is -2.11. The minimum atomic E-state index is -0.477. The number of aryl methyl sites for hydroxylation is 1. The van der Waals surface area contributed by atoms with Crippen molar-refractivity contribution in [2.45, 2.75) is 26.0 Å². The van der Waals surface area contributed by atoms with Crippen molar-refractivity contribution in [1.29, 1.82) is 0 Å². The maximum atomic E-state index is 11.5. The fourth-order valence-corrected chi connectivity index (χ4v) is 2.68. The molecule has 1 heterocycles. The Morgan fingerprint density at radius 3 is 2.92 bits per heavy atom. The summed E-state index contributed by atoms with van der Waals surface area (Å²) in [7, 11) is 0. The smallest absolute Gasteiger partial charge is 0.306 e. The number of esters is 1. The molecule has 2 aromatic rings. The number of fused-ring (bicyclic) bond motifs is 1. The minimum Gasteiger partial charge on any atom is -0.466 e. The Morgan fingerprint density at radius 1 is 1.32 bits per heavy atom. The molecule has 0 radical (unpaired) electrons. The number of nitrogens with one attached hydrogen (secondary N) is 1. The molecule has 1 N–H and O–H groups in total. The van der Waals surface area contributed by atoms with Crippen LogP contribution in [0, 0.1) is 10.1 Å². The van der Waals surface area contributed by atoms with Crippen molar-refractivity contribution in [3.05, 3.63) is 63.7 Å². The average Bonchev–Trinajstić information content (AvgIpc) is 3.03. The number of carbonyl (C=O) groups is 1. The Bertz CT molecular complexity index is 806. The second kappa shape index (κ2) is 7.21. The van der Waals surface area contributed by atoms with Crippen molar-refractivity contribution in [2.75, 3.05) is 11.9 Å². The number of hydrogen-bond donors (Lipinski definition) is 1. The van der Waals surface area contributed by atoms with Crippen LogP contribution in [0.5, 0.6) is 5.75 Å². The second-order valence-electron chi connectivity index (χ2n) is 5.63. The van der Waals surface area contributed by atoms with E-state index in [2.05, 4.69) is 5.32 Å². The van der Waals surface area contributed by atoms with Gasteiger partial charge in [0.25, 0.3) is 5.69 Å². The van der Waals surface area contributed by atoms with Crippen LogP contribution in [0.15, 0.2) is 42.5 Å². The predicted octanol–water partition coefficient (Wildman–Crippen LogP) is 3.59. The van der Waals surface area contributed by atoms with Crippen LogP contribution in [-0.2, 0) is 16.0 Å². The van der Waals surface area contributed by atoms with Gasteiger partial charge in [-0.25, -0.2) is 0 Å². The van der Waals surface area contributed by atoms with Crippen LogP contribution in [0.2, 0.25) is 0 Å². The standard InChI is InChI=1S/C18H18N2O5/c1-2-24-17(21)9-7-12-6-8-16-15(10-12)19-18(25-16)13-4-3-5-14(11-13)20(22)23/h3-6,8,10-11,18-19H,2,7,9H2,1H3/t18-/m0/s1. The highest BCUT2D eigenvalue weighted by Gasteiger charge is 2.24. The lowest BCUT2D eigenvalue weighted by molar-refractivity contribution is -0.385. The van der Waals surface area contributed by atoms with Crippen LogP contribution in [-0.4, -0.2) is 17.5 Å². The van der Waals surface area contributed by atoms with Crippen molar-refractivity contribution in [3.63, 3.8) is 0 Å². The molecule has 1 aliphatic rings. The number of nitro groups is 1. The molecule has 130 valence electrons. The molecule has 25 heavy (non-hydrogen) atoms. The molecule has 2 aromatic carbocycles. The molecule has 7 nitrogen and oxygen atoms in total. The van der Waals surface area contributed by atoms with E-state index in [0.717, 1.165) is 11.3 Å². The number of carbonyl (C=O) groups excluding carboxylic acids is 1. The molecular formula is C18H18N2O5. The zero-order valence-corrected chi connectivity index (χ0v) is 13.7. The first-order valence-corrected chi connectivity index (χ1v) is 8.03. The van der Waals surface area contributed by atoms with Crippen LogP contribution in [0.1, 0.15) is 30.7 Å². The summed E-state index contributed by atoms with van der Waals surface area (Å²) in [5, 5.41) is 14.1. The molecule has 1 atom stereocenters. The van der Waals surface area contributed by atoms with E-state index < -0.39 is 11.2 Å². The van der Waals surface area contributed by atoms with Gasteiger partial charge in [-0.05, 0) is 31.0 Å². The number of nitrogens with zero attached hydrogens (tertiary/aromatic N) is 1. The van der Waals surface area contributed by atoms with Gasteiger partial charge in [-0.2, -0.15) is 0 Å². The highest BCUT2D eigenvalue weighted by atomic mass is 16.6. The lowest BCUT2D eigenvalue weighted by Crippen LogP contribution is -2.10. The lowest BCUT2D eigenvalue weighted by atomic mass is 10.1. The van der Waals surface area contributed by atoms with Crippen LogP contribution in [0.3, 0.4) is 0 Å². The van der Waals surface area contributed by atoms with E-state index in [9.17, 15) is 14.9 Å². The van der Waals surface area contributed by atoms with Gasteiger partial charge in [-0.1, -0.05) is 18.2 Å². The summed E-state index contributed by atoms with van der Waals surface area (Å²) in [6, 6.07) is 12.0. The summed E-state index contributed by atoms with van der Waals surface area (Å²) >= 11 is 0. The highest BCUT2D eigenvalue weighted by Crippen LogP contribution is 2.39. The molecular weight excluding hydrogens is 324 g/mol. The molecule has 3 rings (SSSR count). The summed E-state index contributed by atoms with van der Waals surface area (Å²) in [5.74, 6) is 0.457. The molecule has 0 spiro atoms. The Balaban J connectivity index is 1.69. The van der Waals surface area contributed by atoms with Crippen molar-refractivity contribution < 1.29 is 19.2 Å². The first-order chi connectivity index (χ1) is 12.1. The third-order valence-electron chi connectivity index (χ3n) is 3.88. The number of anilines is 1.